The summed E-state index contributed by atoms with van der Waals surface area (Å²) in [5.41, 5.74) is 7.82. The highest BCUT2D eigenvalue weighted by Crippen LogP contribution is 2.49. The summed E-state index contributed by atoms with van der Waals surface area (Å²) in [5, 5.41) is 26.2. The number of anilines is 1. The van der Waals surface area contributed by atoms with Crippen LogP contribution in [0.1, 0.15) is 29.6 Å². The Kier molecular flexibility index (Phi) is 5.03. The predicted molar refractivity (Wildman–Crippen MR) is 148 cm³/mol. The highest BCUT2D eigenvalue weighted by molar-refractivity contribution is 6.26. The average Bonchev–Trinajstić information content (AvgIpc) is 3.66. The van der Waals surface area contributed by atoms with Crippen LogP contribution in [0.4, 0.5) is 5.69 Å². The van der Waals surface area contributed by atoms with Crippen LogP contribution in [0.2, 0.25) is 0 Å². The number of nitrogens with zero attached hydrogens (tertiary/aromatic N) is 4. The van der Waals surface area contributed by atoms with Crippen molar-refractivity contribution >= 4 is 44.2 Å². The molecule has 0 bridgehead atoms. The number of carbonyl (C=O) groups is 1. The number of H-pyrrole nitrogens is 1. The quantitative estimate of drug-likeness (QED) is 0.288. The smallest absolute Gasteiger partial charge is 0.262 e. The Labute approximate surface area is 223 Å². The Morgan fingerprint density at radius 1 is 1.23 bits per heavy atom. The first-order chi connectivity index (χ1) is 18.9. The number of aromatic amines is 1. The number of benzene rings is 2. The molecule has 7 rings (SSSR count). The van der Waals surface area contributed by atoms with E-state index in [9.17, 15) is 9.90 Å². The third kappa shape index (κ3) is 3.37. The average molecular weight is 525 g/mol. The molecule has 10 nitrogen and oxygen atoms in total. The Bertz CT molecular complexity index is 1930. The number of hydrogen-bond acceptors (Lipinski definition) is 6. The van der Waals surface area contributed by atoms with Gasteiger partial charge in [-0.1, -0.05) is 5.16 Å². The first-order valence-corrected chi connectivity index (χ1v) is 13.0. The fourth-order valence-corrected chi connectivity index (χ4v) is 6.17. The number of nitrogens with one attached hydrogen (secondary N) is 2. The molecule has 39 heavy (non-hydrogen) atoms. The van der Waals surface area contributed by atoms with Crippen LogP contribution in [0.5, 0.6) is 11.6 Å². The van der Waals surface area contributed by atoms with Crippen LogP contribution >= 0.6 is 0 Å². The minimum atomic E-state index is -0.292. The lowest BCUT2D eigenvalue weighted by atomic mass is 9.85. The lowest BCUT2D eigenvalue weighted by molar-refractivity contribution is -0.118. The van der Waals surface area contributed by atoms with Crippen molar-refractivity contribution in [3.05, 3.63) is 53.3 Å². The van der Waals surface area contributed by atoms with E-state index in [0.29, 0.717) is 22.9 Å². The molecule has 0 atom stereocenters. The number of carbonyl (C=O) groups excluding carboxylic acids is 1. The fourth-order valence-electron chi connectivity index (χ4n) is 6.17. The van der Waals surface area contributed by atoms with Gasteiger partial charge in [-0.25, -0.2) is 0 Å². The lowest BCUT2D eigenvalue weighted by Gasteiger charge is -2.20. The highest BCUT2D eigenvalue weighted by Gasteiger charge is 2.29. The van der Waals surface area contributed by atoms with Gasteiger partial charge in [0.1, 0.15) is 17.1 Å². The minimum Gasteiger partial charge on any atom is -0.494 e. The zero-order valence-corrected chi connectivity index (χ0v) is 22.2. The molecule has 0 fully saturated rings. The SMILES string of the molecule is CCn1c2ccc(OCC(=O)Nc3c(C)noc3C)cc2c2c3c[nH]c(O)c3c3c(c21)CCc1nn(C)cc1-3. The number of amides is 1. The second kappa shape index (κ2) is 8.39. The van der Waals surface area contributed by atoms with E-state index in [0.717, 1.165) is 68.8 Å². The second-order valence-corrected chi connectivity index (χ2v) is 10.1. The van der Waals surface area contributed by atoms with E-state index in [-0.39, 0.29) is 18.4 Å². The highest BCUT2D eigenvalue weighted by atomic mass is 16.5. The second-order valence-electron chi connectivity index (χ2n) is 10.1. The van der Waals surface area contributed by atoms with Crippen molar-refractivity contribution in [1.82, 2.24) is 24.5 Å². The zero-order chi connectivity index (χ0) is 27.0. The number of rotatable bonds is 5. The molecule has 1 aliphatic rings. The molecule has 1 amide bonds. The summed E-state index contributed by atoms with van der Waals surface area (Å²) in [4.78, 5) is 15.7. The van der Waals surface area contributed by atoms with Crippen molar-refractivity contribution in [3.63, 3.8) is 0 Å². The Morgan fingerprint density at radius 3 is 2.85 bits per heavy atom. The van der Waals surface area contributed by atoms with Crippen molar-refractivity contribution in [2.45, 2.75) is 40.2 Å². The molecule has 198 valence electrons. The summed E-state index contributed by atoms with van der Waals surface area (Å²) in [7, 11) is 1.93. The Hall–Kier alpha value is -4.73. The maximum atomic E-state index is 12.6. The van der Waals surface area contributed by atoms with Crippen LogP contribution in [-0.2, 0) is 31.2 Å². The third-order valence-electron chi connectivity index (χ3n) is 7.77. The van der Waals surface area contributed by atoms with Crippen molar-refractivity contribution in [1.29, 1.82) is 0 Å². The first kappa shape index (κ1) is 23.4. The molecule has 0 aliphatic heterocycles. The van der Waals surface area contributed by atoms with Gasteiger partial charge in [0.05, 0.1) is 16.6 Å². The van der Waals surface area contributed by atoms with E-state index < -0.39 is 0 Å². The van der Waals surface area contributed by atoms with Crippen molar-refractivity contribution < 1.29 is 19.2 Å². The number of aromatic nitrogens is 5. The van der Waals surface area contributed by atoms with Gasteiger partial charge in [0.15, 0.2) is 18.2 Å². The summed E-state index contributed by atoms with van der Waals surface area (Å²) < 4.78 is 15.2. The van der Waals surface area contributed by atoms with E-state index in [1.165, 1.54) is 5.56 Å². The third-order valence-corrected chi connectivity index (χ3v) is 7.77. The molecular weight excluding hydrogens is 496 g/mol. The molecule has 10 heteroatoms. The standard InChI is InChI=1S/C29H28N6O4/c1-5-35-22-9-6-16(38-13-23(36)31-27-14(2)33-39-15(27)3)10-18(22)25-19-11-30-29(37)26(19)24-17(28(25)35)7-8-21-20(24)12-34(4)32-21/h6,9-12,30,37H,5,7-8,13H2,1-4H3,(H,31,36). The van der Waals surface area contributed by atoms with Gasteiger partial charge < -0.3 is 29.2 Å². The summed E-state index contributed by atoms with van der Waals surface area (Å²) in [6.07, 6.45) is 5.60. The number of fused-ring (bicyclic) bond motifs is 10. The van der Waals surface area contributed by atoms with Crippen LogP contribution in [0.25, 0.3) is 43.7 Å². The monoisotopic (exact) mass is 524 g/mol. The van der Waals surface area contributed by atoms with E-state index in [1.807, 2.05) is 42.3 Å². The maximum Gasteiger partial charge on any atom is 0.262 e. The molecule has 0 saturated heterocycles. The van der Waals surface area contributed by atoms with Crippen LogP contribution in [0.3, 0.4) is 0 Å². The predicted octanol–water partition coefficient (Wildman–Crippen LogP) is 5.12. The van der Waals surface area contributed by atoms with Crippen LogP contribution in [-0.4, -0.2) is 42.1 Å². The van der Waals surface area contributed by atoms with Crippen molar-refractivity contribution in [3.8, 4) is 22.8 Å². The Morgan fingerprint density at radius 2 is 2.08 bits per heavy atom. The largest absolute Gasteiger partial charge is 0.494 e. The van der Waals surface area contributed by atoms with Crippen molar-refractivity contribution in [2.75, 3.05) is 11.9 Å². The number of aryl methyl sites for hydroxylation is 6. The molecule has 2 aromatic carbocycles. The lowest BCUT2D eigenvalue weighted by Crippen LogP contribution is -2.20. The molecule has 4 heterocycles. The van der Waals surface area contributed by atoms with Crippen molar-refractivity contribution in [2.24, 2.45) is 7.05 Å². The van der Waals surface area contributed by atoms with Gasteiger partial charge in [-0.3, -0.25) is 9.48 Å². The molecular formula is C29H28N6O4. The number of aromatic hydroxyl groups is 1. The molecule has 6 aromatic rings. The molecule has 0 spiro atoms. The summed E-state index contributed by atoms with van der Waals surface area (Å²) in [5.74, 6) is 1.00. The van der Waals surface area contributed by atoms with Gasteiger partial charge in [0.2, 0.25) is 0 Å². The molecule has 0 radical (unpaired) electrons. The molecule has 0 unspecified atom stereocenters. The number of ether oxygens (including phenoxy) is 1. The summed E-state index contributed by atoms with van der Waals surface area (Å²) in [6.45, 7) is 6.31. The van der Waals surface area contributed by atoms with Gasteiger partial charge in [-0.2, -0.15) is 5.10 Å². The molecule has 0 saturated carbocycles. The Balaban J connectivity index is 1.37. The van der Waals surface area contributed by atoms with Gasteiger partial charge >= 0.3 is 0 Å². The molecule has 1 aliphatic carbocycles. The van der Waals surface area contributed by atoms with E-state index in [1.54, 1.807) is 13.8 Å². The normalized spacial score (nSPS) is 12.8. The molecule has 3 N–H and O–H groups in total. The number of hydrogen-bond donors (Lipinski definition) is 3. The topological polar surface area (TPSA) is 123 Å². The van der Waals surface area contributed by atoms with E-state index >= 15 is 0 Å². The van der Waals surface area contributed by atoms with Gasteiger partial charge in [-0.05, 0) is 57.4 Å². The van der Waals surface area contributed by atoms with Gasteiger partial charge in [-0.15, -0.1) is 0 Å². The summed E-state index contributed by atoms with van der Waals surface area (Å²) >= 11 is 0. The minimum absolute atomic E-state index is 0.151. The van der Waals surface area contributed by atoms with Crippen LogP contribution in [0, 0.1) is 13.8 Å². The van der Waals surface area contributed by atoms with Crippen LogP contribution < -0.4 is 10.1 Å². The fraction of sp³-hybridized carbons (Fsp3) is 0.276. The zero-order valence-electron chi connectivity index (χ0n) is 22.2. The van der Waals surface area contributed by atoms with Gasteiger partial charge in [0, 0.05) is 58.8 Å². The van der Waals surface area contributed by atoms with E-state index in [2.05, 4.69) is 32.0 Å². The summed E-state index contributed by atoms with van der Waals surface area (Å²) in [6, 6.07) is 5.93. The molecule has 4 aromatic heterocycles. The van der Waals surface area contributed by atoms with E-state index in [4.69, 9.17) is 9.26 Å². The maximum absolute atomic E-state index is 12.6. The first-order valence-electron chi connectivity index (χ1n) is 13.0. The van der Waals surface area contributed by atoms with Crippen LogP contribution in [0.15, 0.2) is 35.1 Å². The van der Waals surface area contributed by atoms with Gasteiger partial charge in [0.25, 0.3) is 5.91 Å².